The molecule has 0 saturated heterocycles. The Kier molecular flexibility index (Phi) is 5.56. The maximum absolute atomic E-state index is 11.7. The first kappa shape index (κ1) is 15.6. The molecule has 2 aromatic rings. The summed E-state index contributed by atoms with van der Waals surface area (Å²) in [6.45, 7) is 2.45. The number of nitrogens with zero attached hydrogens (tertiary/aromatic N) is 1. The number of ether oxygens (including phenoxy) is 2. The molecule has 0 fully saturated rings. The number of nitriles is 1. The average molecular weight is 295 g/mol. The van der Waals surface area contributed by atoms with E-state index in [0.717, 1.165) is 16.9 Å². The average Bonchev–Trinajstić information content (AvgIpc) is 2.55. The Morgan fingerprint density at radius 1 is 1.14 bits per heavy atom. The number of aryl methyl sites for hydroxylation is 1. The Labute approximate surface area is 129 Å². The van der Waals surface area contributed by atoms with Crippen LogP contribution >= 0.6 is 0 Å². The largest absolute Gasteiger partial charge is 0.493 e. The number of benzene rings is 2. The van der Waals surface area contributed by atoms with Gasteiger partial charge < -0.3 is 9.47 Å². The van der Waals surface area contributed by atoms with Gasteiger partial charge in [0.05, 0.1) is 24.7 Å². The summed E-state index contributed by atoms with van der Waals surface area (Å²) in [6, 6.07) is 16.6. The molecule has 0 aliphatic rings. The van der Waals surface area contributed by atoms with Crippen LogP contribution in [0.15, 0.2) is 48.5 Å². The molecule has 112 valence electrons. The summed E-state index contributed by atoms with van der Waals surface area (Å²) < 4.78 is 10.7. The van der Waals surface area contributed by atoms with Crippen molar-refractivity contribution >= 4 is 5.97 Å². The van der Waals surface area contributed by atoms with Crippen molar-refractivity contribution in [1.82, 2.24) is 0 Å². The molecule has 0 aromatic heterocycles. The standard InChI is InChI=1S/C18H17NO3/c1-14-4-2-3-5-17(14)21-11-10-18(20)22-13-16-8-6-15(12-19)7-9-16/h2-9H,10-11,13H2,1H3. The van der Waals surface area contributed by atoms with Gasteiger partial charge in [-0.15, -0.1) is 0 Å². The number of hydrogen-bond donors (Lipinski definition) is 0. The van der Waals surface area contributed by atoms with Crippen molar-refractivity contribution in [1.29, 1.82) is 5.26 Å². The first-order valence-corrected chi connectivity index (χ1v) is 7.02. The van der Waals surface area contributed by atoms with E-state index in [1.807, 2.05) is 37.3 Å². The van der Waals surface area contributed by atoms with Crippen LogP contribution in [-0.4, -0.2) is 12.6 Å². The Hall–Kier alpha value is -2.80. The zero-order valence-electron chi connectivity index (χ0n) is 12.4. The summed E-state index contributed by atoms with van der Waals surface area (Å²) in [5.74, 6) is 0.473. The van der Waals surface area contributed by atoms with Crippen LogP contribution in [0.2, 0.25) is 0 Å². The minimum atomic E-state index is -0.307. The molecular formula is C18H17NO3. The third-order valence-electron chi connectivity index (χ3n) is 3.14. The predicted molar refractivity (Wildman–Crippen MR) is 82.2 cm³/mol. The van der Waals surface area contributed by atoms with Crippen LogP contribution in [0.25, 0.3) is 0 Å². The summed E-state index contributed by atoms with van der Waals surface area (Å²) in [5.41, 5.74) is 2.47. The van der Waals surface area contributed by atoms with Crippen LogP contribution in [0, 0.1) is 18.3 Å². The van der Waals surface area contributed by atoms with Crippen molar-refractivity contribution in [2.45, 2.75) is 20.0 Å². The zero-order chi connectivity index (χ0) is 15.8. The van der Waals surface area contributed by atoms with Gasteiger partial charge in [0.2, 0.25) is 0 Å². The molecule has 0 radical (unpaired) electrons. The van der Waals surface area contributed by atoms with Gasteiger partial charge in [-0.1, -0.05) is 30.3 Å². The summed E-state index contributed by atoms with van der Waals surface area (Å²) >= 11 is 0. The molecule has 0 saturated carbocycles. The molecule has 0 atom stereocenters. The van der Waals surface area contributed by atoms with Gasteiger partial charge in [-0.05, 0) is 36.2 Å². The first-order chi connectivity index (χ1) is 10.7. The van der Waals surface area contributed by atoms with Gasteiger partial charge in [0.25, 0.3) is 0 Å². The highest BCUT2D eigenvalue weighted by molar-refractivity contribution is 5.69. The number of esters is 1. The van der Waals surface area contributed by atoms with Crippen molar-refractivity contribution in [2.24, 2.45) is 0 Å². The lowest BCUT2D eigenvalue weighted by atomic mass is 10.2. The molecule has 0 heterocycles. The lowest BCUT2D eigenvalue weighted by Gasteiger charge is -2.09. The van der Waals surface area contributed by atoms with Crippen molar-refractivity contribution in [3.8, 4) is 11.8 Å². The topological polar surface area (TPSA) is 59.3 Å². The Balaban J connectivity index is 1.72. The molecule has 0 amide bonds. The molecule has 0 N–H and O–H groups in total. The van der Waals surface area contributed by atoms with E-state index < -0.39 is 0 Å². The van der Waals surface area contributed by atoms with E-state index in [1.165, 1.54) is 0 Å². The fourth-order valence-electron chi connectivity index (χ4n) is 1.87. The monoisotopic (exact) mass is 295 g/mol. The van der Waals surface area contributed by atoms with E-state index in [9.17, 15) is 4.79 Å². The maximum Gasteiger partial charge on any atom is 0.309 e. The van der Waals surface area contributed by atoms with Crippen molar-refractivity contribution in [3.63, 3.8) is 0 Å². The molecule has 22 heavy (non-hydrogen) atoms. The molecule has 4 nitrogen and oxygen atoms in total. The van der Waals surface area contributed by atoms with Crippen molar-refractivity contribution in [3.05, 3.63) is 65.2 Å². The zero-order valence-corrected chi connectivity index (χ0v) is 12.4. The van der Waals surface area contributed by atoms with E-state index in [4.69, 9.17) is 14.7 Å². The Bertz CT molecular complexity index is 671. The van der Waals surface area contributed by atoms with Gasteiger partial charge in [0.1, 0.15) is 12.4 Å². The smallest absolute Gasteiger partial charge is 0.309 e. The Morgan fingerprint density at radius 2 is 1.86 bits per heavy atom. The molecule has 4 heteroatoms. The van der Waals surface area contributed by atoms with Crippen molar-refractivity contribution < 1.29 is 14.3 Å². The third-order valence-corrected chi connectivity index (χ3v) is 3.14. The number of carbonyl (C=O) groups excluding carboxylic acids is 1. The molecular weight excluding hydrogens is 278 g/mol. The molecule has 2 aromatic carbocycles. The van der Waals surface area contributed by atoms with Crippen LogP contribution in [0.4, 0.5) is 0 Å². The number of rotatable bonds is 6. The predicted octanol–water partition coefficient (Wildman–Crippen LogP) is 3.38. The highest BCUT2D eigenvalue weighted by Gasteiger charge is 2.05. The first-order valence-electron chi connectivity index (χ1n) is 7.02. The summed E-state index contributed by atoms with van der Waals surface area (Å²) in [5, 5.41) is 8.71. The number of para-hydroxylation sites is 1. The highest BCUT2D eigenvalue weighted by atomic mass is 16.5. The quantitative estimate of drug-likeness (QED) is 0.767. The third kappa shape index (κ3) is 4.64. The van der Waals surface area contributed by atoms with Gasteiger partial charge in [0, 0.05) is 0 Å². The number of hydrogen-bond acceptors (Lipinski definition) is 4. The van der Waals surface area contributed by atoms with Crippen LogP contribution in [0.3, 0.4) is 0 Å². The lowest BCUT2D eigenvalue weighted by molar-refractivity contribution is -0.145. The van der Waals surface area contributed by atoms with Gasteiger partial charge in [0.15, 0.2) is 0 Å². The van der Waals surface area contributed by atoms with Gasteiger partial charge >= 0.3 is 5.97 Å². The van der Waals surface area contributed by atoms with Crippen molar-refractivity contribution in [2.75, 3.05) is 6.61 Å². The summed E-state index contributed by atoms with van der Waals surface area (Å²) in [6.07, 6.45) is 0.199. The maximum atomic E-state index is 11.7. The van der Waals surface area contributed by atoms with E-state index in [1.54, 1.807) is 24.3 Å². The van der Waals surface area contributed by atoms with E-state index >= 15 is 0 Å². The van der Waals surface area contributed by atoms with E-state index in [2.05, 4.69) is 0 Å². The van der Waals surface area contributed by atoms with Gasteiger partial charge in [-0.25, -0.2) is 0 Å². The lowest BCUT2D eigenvalue weighted by Crippen LogP contribution is -2.10. The van der Waals surface area contributed by atoms with Crippen LogP contribution in [-0.2, 0) is 16.1 Å². The molecule has 0 bridgehead atoms. The minimum absolute atomic E-state index is 0.199. The van der Waals surface area contributed by atoms with Gasteiger partial charge in [-0.3, -0.25) is 4.79 Å². The molecule has 2 rings (SSSR count). The van der Waals surface area contributed by atoms with Gasteiger partial charge in [-0.2, -0.15) is 5.26 Å². The molecule has 0 aliphatic heterocycles. The van der Waals surface area contributed by atoms with Crippen LogP contribution < -0.4 is 4.74 Å². The normalized spacial score (nSPS) is 9.82. The second-order valence-electron chi connectivity index (χ2n) is 4.83. The van der Waals surface area contributed by atoms with Crippen LogP contribution in [0.5, 0.6) is 5.75 Å². The summed E-state index contributed by atoms with van der Waals surface area (Å²) in [7, 11) is 0. The fraction of sp³-hybridized carbons (Fsp3) is 0.222. The minimum Gasteiger partial charge on any atom is -0.493 e. The fourth-order valence-corrected chi connectivity index (χ4v) is 1.87. The SMILES string of the molecule is Cc1ccccc1OCCC(=O)OCc1ccc(C#N)cc1. The molecule has 0 unspecified atom stereocenters. The number of carbonyl (C=O) groups is 1. The second kappa shape index (κ2) is 7.84. The van der Waals surface area contributed by atoms with E-state index in [-0.39, 0.29) is 25.6 Å². The molecule has 0 aliphatic carbocycles. The summed E-state index contributed by atoms with van der Waals surface area (Å²) in [4.78, 5) is 11.7. The highest BCUT2D eigenvalue weighted by Crippen LogP contribution is 2.16. The Morgan fingerprint density at radius 3 is 2.55 bits per heavy atom. The second-order valence-corrected chi connectivity index (χ2v) is 4.83. The molecule has 0 spiro atoms. The van der Waals surface area contributed by atoms with Crippen LogP contribution in [0.1, 0.15) is 23.1 Å². The van der Waals surface area contributed by atoms with E-state index in [0.29, 0.717) is 5.56 Å².